The first kappa shape index (κ1) is 15.4. The average Bonchev–Trinajstić information content (AvgIpc) is 2.39. The maximum absolute atomic E-state index is 12.5. The molecule has 0 spiro atoms. The molecule has 20 heavy (non-hydrogen) atoms. The summed E-state index contributed by atoms with van der Waals surface area (Å²) in [5.41, 5.74) is 0.780. The van der Waals surface area contributed by atoms with Crippen molar-refractivity contribution in [1.82, 2.24) is 10.0 Å². The van der Waals surface area contributed by atoms with Crippen LogP contribution in [-0.2, 0) is 21.3 Å². The topological polar surface area (TPSA) is 67.4 Å². The largest absolute Gasteiger partial charge is 0.378 e. The van der Waals surface area contributed by atoms with Gasteiger partial charge in [0.1, 0.15) is 0 Å². The Balaban J connectivity index is 2.17. The van der Waals surface area contributed by atoms with E-state index in [0.717, 1.165) is 12.0 Å². The van der Waals surface area contributed by atoms with E-state index < -0.39 is 10.0 Å². The smallest absolute Gasteiger partial charge is 0.241 e. The predicted octanol–water partition coefficient (Wildman–Crippen LogP) is 1.25. The summed E-state index contributed by atoms with van der Waals surface area (Å²) in [6, 6.07) is 7.03. The van der Waals surface area contributed by atoms with Gasteiger partial charge in [0.05, 0.1) is 11.0 Å². The van der Waals surface area contributed by atoms with Gasteiger partial charge in [0.15, 0.2) is 0 Å². The molecule has 5 nitrogen and oxygen atoms in total. The molecule has 0 aromatic heterocycles. The fourth-order valence-corrected chi connectivity index (χ4v) is 4.01. The molecule has 1 aliphatic heterocycles. The van der Waals surface area contributed by atoms with Crippen molar-refractivity contribution in [3.63, 3.8) is 0 Å². The van der Waals surface area contributed by atoms with E-state index in [4.69, 9.17) is 4.74 Å². The van der Waals surface area contributed by atoms with Crippen molar-refractivity contribution >= 4 is 10.0 Å². The number of rotatable bonds is 5. The van der Waals surface area contributed by atoms with E-state index in [1.165, 1.54) is 0 Å². The number of ether oxygens (including phenoxy) is 1. The van der Waals surface area contributed by atoms with Gasteiger partial charge < -0.3 is 10.1 Å². The van der Waals surface area contributed by atoms with Crippen molar-refractivity contribution in [2.24, 2.45) is 0 Å². The van der Waals surface area contributed by atoms with Crippen molar-refractivity contribution in [3.05, 3.63) is 29.8 Å². The molecule has 1 heterocycles. The molecule has 1 aromatic carbocycles. The van der Waals surface area contributed by atoms with Gasteiger partial charge >= 0.3 is 0 Å². The summed E-state index contributed by atoms with van der Waals surface area (Å²) in [4.78, 5) is 0.355. The van der Waals surface area contributed by atoms with Gasteiger partial charge in [-0.1, -0.05) is 18.2 Å². The van der Waals surface area contributed by atoms with E-state index in [0.29, 0.717) is 24.5 Å². The Labute approximate surface area is 120 Å². The highest BCUT2D eigenvalue weighted by atomic mass is 32.2. The maximum Gasteiger partial charge on any atom is 0.241 e. The van der Waals surface area contributed by atoms with Crippen LogP contribution in [0.2, 0.25) is 0 Å². The molecule has 2 rings (SSSR count). The van der Waals surface area contributed by atoms with E-state index in [-0.39, 0.29) is 12.1 Å². The predicted molar refractivity (Wildman–Crippen MR) is 78.0 cm³/mol. The molecule has 0 radical (unpaired) electrons. The fourth-order valence-electron chi connectivity index (χ4n) is 2.49. The number of hydrogen-bond donors (Lipinski definition) is 2. The lowest BCUT2D eigenvalue weighted by atomic mass is 10.1. The third-order valence-electron chi connectivity index (χ3n) is 3.44. The minimum Gasteiger partial charge on any atom is -0.378 e. The fraction of sp³-hybridized carbons (Fsp3) is 0.571. The lowest BCUT2D eigenvalue weighted by molar-refractivity contribution is 0.0173. The molecular weight excluding hydrogens is 276 g/mol. The first-order valence-corrected chi connectivity index (χ1v) is 8.37. The second kappa shape index (κ2) is 6.67. The first-order chi connectivity index (χ1) is 9.53. The van der Waals surface area contributed by atoms with Gasteiger partial charge in [-0.05, 0) is 38.4 Å². The summed E-state index contributed by atoms with van der Waals surface area (Å²) in [7, 11) is -1.68. The van der Waals surface area contributed by atoms with Crippen molar-refractivity contribution in [2.45, 2.75) is 43.4 Å². The van der Waals surface area contributed by atoms with Gasteiger partial charge in [0, 0.05) is 19.2 Å². The van der Waals surface area contributed by atoms with Crippen LogP contribution in [-0.4, -0.2) is 34.2 Å². The Kier molecular flexibility index (Phi) is 5.15. The van der Waals surface area contributed by atoms with E-state index >= 15 is 0 Å². The van der Waals surface area contributed by atoms with Gasteiger partial charge in [-0.2, -0.15) is 0 Å². The standard InChI is InChI=1S/C14H22N2O3S/c1-11-9-13(7-8-19-11)16-20(17,18)14-6-4-3-5-12(14)10-15-2/h3-6,11,13,15-16H,7-10H2,1-2H3. The Morgan fingerprint density at radius 1 is 1.35 bits per heavy atom. The zero-order valence-corrected chi connectivity index (χ0v) is 12.7. The van der Waals surface area contributed by atoms with E-state index in [1.807, 2.05) is 19.1 Å². The second-order valence-electron chi connectivity index (χ2n) is 5.16. The highest BCUT2D eigenvalue weighted by Gasteiger charge is 2.26. The zero-order valence-electron chi connectivity index (χ0n) is 11.9. The van der Waals surface area contributed by atoms with Crippen molar-refractivity contribution in [2.75, 3.05) is 13.7 Å². The van der Waals surface area contributed by atoms with Crippen LogP contribution in [0.1, 0.15) is 25.3 Å². The van der Waals surface area contributed by atoms with E-state index in [2.05, 4.69) is 10.0 Å². The molecule has 1 aromatic rings. The van der Waals surface area contributed by atoms with Gasteiger partial charge in [-0.15, -0.1) is 0 Å². The molecule has 2 N–H and O–H groups in total. The Morgan fingerprint density at radius 3 is 2.80 bits per heavy atom. The zero-order chi connectivity index (χ0) is 14.6. The molecule has 2 atom stereocenters. The van der Waals surface area contributed by atoms with Crippen LogP contribution in [0.25, 0.3) is 0 Å². The molecule has 1 saturated heterocycles. The highest BCUT2D eigenvalue weighted by Crippen LogP contribution is 2.19. The Hall–Kier alpha value is -0.950. The van der Waals surface area contributed by atoms with Gasteiger partial charge in [-0.25, -0.2) is 13.1 Å². The molecule has 1 aliphatic rings. The summed E-state index contributed by atoms with van der Waals surface area (Å²) in [5.74, 6) is 0. The van der Waals surface area contributed by atoms with Crippen LogP contribution in [0.3, 0.4) is 0 Å². The molecule has 0 amide bonds. The van der Waals surface area contributed by atoms with Crippen LogP contribution in [0.5, 0.6) is 0 Å². The monoisotopic (exact) mass is 298 g/mol. The SMILES string of the molecule is CNCc1ccccc1S(=O)(=O)NC1CCOC(C)C1. The average molecular weight is 298 g/mol. The minimum absolute atomic E-state index is 0.0496. The molecule has 0 bridgehead atoms. The van der Waals surface area contributed by atoms with Crippen LogP contribution < -0.4 is 10.0 Å². The lowest BCUT2D eigenvalue weighted by Gasteiger charge is -2.28. The Morgan fingerprint density at radius 2 is 2.10 bits per heavy atom. The third kappa shape index (κ3) is 3.79. The van der Waals surface area contributed by atoms with E-state index in [9.17, 15) is 8.42 Å². The minimum atomic E-state index is -3.48. The summed E-state index contributed by atoms with van der Waals surface area (Å²) in [6.07, 6.45) is 1.54. The van der Waals surface area contributed by atoms with Crippen LogP contribution in [0, 0.1) is 0 Å². The second-order valence-corrected chi connectivity index (χ2v) is 6.84. The summed E-state index contributed by atoms with van der Waals surface area (Å²) < 4.78 is 33.3. The maximum atomic E-state index is 12.5. The highest BCUT2D eigenvalue weighted by molar-refractivity contribution is 7.89. The normalized spacial score (nSPS) is 23.7. The molecular formula is C14H22N2O3S. The molecule has 1 fully saturated rings. The summed E-state index contributed by atoms with van der Waals surface area (Å²) >= 11 is 0. The quantitative estimate of drug-likeness (QED) is 0.858. The van der Waals surface area contributed by atoms with Gasteiger partial charge in [0.25, 0.3) is 0 Å². The van der Waals surface area contributed by atoms with Gasteiger partial charge in [-0.3, -0.25) is 0 Å². The number of hydrogen-bond acceptors (Lipinski definition) is 4. The van der Waals surface area contributed by atoms with Gasteiger partial charge in [0.2, 0.25) is 10.0 Å². The Bertz CT molecular complexity index is 545. The molecule has 2 unspecified atom stereocenters. The van der Waals surface area contributed by atoms with E-state index in [1.54, 1.807) is 19.2 Å². The summed E-state index contributed by atoms with van der Waals surface area (Å²) in [5, 5.41) is 2.99. The first-order valence-electron chi connectivity index (χ1n) is 6.89. The molecule has 112 valence electrons. The molecule has 0 saturated carbocycles. The van der Waals surface area contributed by atoms with Crippen molar-refractivity contribution < 1.29 is 13.2 Å². The number of nitrogens with one attached hydrogen (secondary N) is 2. The lowest BCUT2D eigenvalue weighted by Crippen LogP contribution is -2.41. The molecule has 0 aliphatic carbocycles. The van der Waals surface area contributed by atoms with Crippen LogP contribution >= 0.6 is 0 Å². The summed E-state index contributed by atoms with van der Waals surface area (Å²) in [6.45, 7) is 3.10. The van der Waals surface area contributed by atoms with Crippen molar-refractivity contribution in [3.8, 4) is 0 Å². The molecule has 6 heteroatoms. The number of benzene rings is 1. The number of sulfonamides is 1. The van der Waals surface area contributed by atoms with Crippen LogP contribution in [0.15, 0.2) is 29.2 Å². The third-order valence-corrected chi connectivity index (χ3v) is 5.06. The van der Waals surface area contributed by atoms with Crippen molar-refractivity contribution in [1.29, 1.82) is 0 Å². The van der Waals surface area contributed by atoms with Crippen LogP contribution in [0.4, 0.5) is 0 Å².